The van der Waals surface area contributed by atoms with Crippen molar-refractivity contribution in [3.05, 3.63) is 338 Å². The van der Waals surface area contributed by atoms with Crippen molar-refractivity contribution >= 4 is 43.6 Å². The van der Waals surface area contributed by atoms with Crippen LogP contribution in [0.1, 0.15) is 22.3 Å². The average molecular weight is 1030 g/mol. The van der Waals surface area contributed by atoms with Gasteiger partial charge in [-0.1, -0.05) is 243 Å². The Morgan fingerprint density at radius 1 is 0.198 bits per heavy atom. The lowest BCUT2D eigenvalue weighted by molar-refractivity contribution is 0.769. The van der Waals surface area contributed by atoms with Gasteiger partial charge in [0.1, 0.15) is 0 Å². The van der Waals surface area contributed by atoms with Gasteiger partial charge in [-0.25, -0.2) is 0 Å². The van der Waals surface area contributed by atoms with Crippen molar-refractivity contribution < 1.29 is 0 Å². The van der Waals surface area contributed by atoms with E-state index in [1.54, 1.807) is 0 Å². The first kappa shape index (κ1) is 46.5. The standard InChI is InChI=1S/C79H52N2/c1-3-19-56(20-4-1)65-27-7-8-28-66(65)60-22-18-24-62(50-60)79(73-33-13-9-29-67(73)68-30-10-14-34-74(68)79)61-23-17-21-57(49-61)55-39-37-53(38-40-55)54-41-45-64(46-42-54)81-76-36-16-12-32-70(76)72-52-59(44-48-78(72)81)58-43-47-77-71(51-58)69-31-11-15-35-75(69)80(77)63-25-5-2-6-26-63/h1-52H. The molecule has 0 atom stereocenters. The molecule has 1 aliphatic rings. The smallest absolute Gasteiger partial charge is 0.0713 e. The van der Waals surface area contributed by atoms with Gasteiger partial charge < -0.3 is 9.13 Å². The molecular weight excluding hydrogens is 977 g/mol. The molecule has 0 saturated heterocycles. The van der Waals surface area contributed by atoms with Crippen LogP contribution in [0.3, 0.4) is 0 Å². The second-order valence-corrected chi connectivity index (χ2v) is 21.5. The molecule has 13 aromatic carbocycles. The number of benzene rings is 13. The second kappa shape index (κ2) is 18.8. The van der Waals surface area contributed by atoms with E-state index in [0.717, 1.165) is 5.69 Å². The Labute approximate surface area is 471 Å². The van der Waals surface area contributed by atoms with E-state index in [1.165, 1.54) is 138 Å². The molecule has 0 bridgehead atoms. The molecule has 2 heterocycles. The third-order valence-electron chi connectivity index (χ3n) is 17.2. The molecule has 15 aromatic rings. The molecule has 0 amide bonds. The summed E-state index contributed by atoms with van der Waals surface area (Å²) in [4.78, 5) is 0. The van der Waals surface area contributed by atoms with Crippen LogP contribution in [0.2, 0.25) is 0 Å². The maximum atomic E-state index is 2.44. The predicted molar refractivity (Wildman–Crippen MR) is 340 cm³/mol. The summed E-state index contributed by atoms with van der Waals surface area (Å²) in [7, 11) is 0. The Kier molecular flexibility index (Phi) is 10.8. The Morgan fingerprint density at radius 2 is 0.556 bits per heavy atom. The van der Waals surface area contributed by atoms with Crippen LogP contribution in [0.25, 0.3) is 122 Å². The molecule has 0 saturated carbocycles. The van der Waals surface area contributed by atoms with Gasteiger partial charge in [0.25, 0.3) is 0 Å². The largest absolute Gasteiger partial charge is 0.309 e. The predicted octanol–water partition coefficient (Wildman–Crippen LogP) is 20.6. The molecule has 16 rings (SSSR count). The topological polar surface area (TPSA) is 9.86 Å². The van der Waals surface area contributed by atoms with Crippen LogP contribution in [0, 0.1) is 0 Å². The highest BCUT2D eigenvalue weighted by Gasteiger charge is 2.46. The lowest BCUT2D eigenvalue weighted by Crippen LogP contribution is -2.28. The normalized spacial score (nSPS) is 12.5. The van der Waals surface area contributed by atoms with E-state index < -0.39 is 5.41 Å². The van der Waals surface area contributed by atoms with Crippen molar-refractivity contribution in [1.29, 1.82) is 0 Å². The molecule has 1 aliphatic carbocycles. The zero-order chi connectivity index (χ0) is 53.4. The van der Waals surface area contributed by atoms with Crippen molar-refractivity contribution in [3.8, 4) is 78.1 Å². The number of hydrogen-bond acceptors (Lipinski definition) is 0. The number of fused-ring (bicyclic) bond motifs is 9. The van der Waals surface area contributed by atoms with E-state index in [1.807, 2.05) is 0 Å². The highest BCUT2D eigenvalue weighted by Crippen LogP contribution is 2.57. The Morgan fingerprint density at radius 3 is 1.11 bits per heavy atom. The highest BCUT2D eigenvalue weighted by atomic mass is 15.0. The van der Waals surface area contributed by atoms with Gasteiger partial charge in [-0.15, -0.1) is 0 Å². The van der Waals surface area contributed by atoms with E-state index in [4.69, 9.17) is 0 Å². The summed E-state index contributed by atoms with van der Waals surface area (Å²) in [6, 6.07) is 117. The Bertz CT molecular complexity index is 4860. The van der Waals surface area contributed by atoms with Crippen LogP contribution in [-0.2, 0) is 5.41 Å². The number of para-hydroxylation sites is 3. The van der Waals surface area contributed by atoms with E-state index >= 15 is 0 Å². The molecular formula is C79H52N2. The SMILES string of the molecule is c1ccc(-c2ccccc2-c2cccc(C3(c4cccc(-c5ccc(-c6ccc(-n7c8ccccc8c8cc(-c9ccc%10c(c9)c9ccccc9n%10-c9ccccc9)ccc87)cc6)cc5)c4)c4ccccc4-c4ccccc43)c2)cc1. The first-order valence-electron chi connectivity index (χ1n) is 28.1. The molecule has 2 aromatic heterocycles. The molecule has 0 N–H and O–H groups in total. The lowest BCUT2D eigenvalue weighted by Gasteiger charge is -2.34. The fourth-order valence-electron chi connectivity index (χ4n) is 13.6. The zero-order valence-corrected chi connectivity index (χ0v) is 44.4. The number of rotatable bonds is 9. The van der Waals surface area contributed by atoms with Gasteiger partial charge >= 0.3 is 0 Å². The molecule has 0 aliphatic heterocycles. The zero-order valence-electron chi connectivity index (χ0n) is 44.4. The maximum absolute atomic E-state index is 2.44. The summed E-state index contributed by atoms with van der Waals surface area (Å²) in [6.07, 6.45) is 0. The summed E-state index contributed by atoms with van der Waals surface area (Å²) in [5.41, 5.74) is 26.2. The van der Waals surface area contributed by atoms with Crippen molar-refractivity contribution in [2.24, 2.45) is 0 Å². The van der Waals surface area contributed by atoms with Gasteiger partial charge in [-0.05, 0) is 162 Å². The number of aromatic nitrogens is 2. The van der Waals surface area contributed by atoms with Crippen LogP contribution in [-0.4, -0.2) is 9.13 Å². The van der Waals surface area contributed by atoms with Crippen LogP contribution in [0.15, 0.2) is 315 Å². The first-order valence-corrected chi connectivity index (χ1v) is 28.1. The summed E-state index contributed by atoms with van der Waals surface area (Å²) >= 11 is 0. The quantitative estimate of drug-likeness (QED) is 0.136. The van der Waals surface area contributed by atoms with Crippen molar-refractivity contribution in [2.45, 2.75) is 5.41 Å². The fraction of sp³-hybridized carbons (Fsp3) is 0.0127. The van der Waals surface area contributed by atoms with Crippen molar-refractivity contribution in [1.82, 2.24) is 9.13 Å². The number of hydrogen-bond donors (Lipinski definition) is 0. The van der Waals surface area contributed by atoms with Crippen LogP contribution in [0.5, 0.6) is 0 Å². The Hall–Kier alpha value is -10.5. The molecule has 2 heteroatoms. The van der Waals surface area contributed by atoms with Gasteiger partial charge in [-0.2, -0.15) is 0 Å². The fourth-order valence-corrected chi connectivity index (χ4v) is 13.6. The van der Waals surface area contributed by atoms with E-state index in [0.29, 0.717) is 0 Å². The van der Waals surface area contributed by atoms with Crippen LogP contribution >= 0.6 is 0 Å². The molecule has 0 radical (unpaired) electrons. The van der Waals surface area contributed by atoms with Crippen LogP contribution in [0.4, 0.5) is 0 Å². The summed E-state index contributed by atoms with van der Waals surface area (Å²) in [6.45, 7) is 0. The monoisotopic (exact) mass is 1030 g/mol. The van der Waals surface area contributed by atoms with Gasteiger partial charge in [0.05, 0.1) is 27.5 Å². The van der Waals surface area contributed by atoms with Gasteiger partial charge in [0.15, 0.2) is 0 Å². The third kappa shape index (κ3) is 7.42. The van der Waals surface area contributed by atoms with Crippen molar-refractivity contribution in [3.63, 3.8) is 0 Å². The van der Waals surface area contributed by atoms with Gasteiger partial charge in [0, 0.05) is 32.9 Å². The minimum Gasteiger partial charge on any atom is -0.309 e. The summed E-state index contributed by atoms with van der Waals surface area (Å²) in [5, 5.41) is 4.99. The van der Waals surface area contributed by atoms with Crippen LogP contribution < -0.4 is 0 Å². The Balaban J connectivity index is 0.735. The maximum Gasteiger partial charge on any atom is 0.0713 e. The molecule has 81 heavy (non-hydrogen) atoms. The van der Waals surface area contributed by atoms with Gasteiger partial charge in [0.2, 0.25) is 0 Å². The van der Waals surface area contributed by atoms with E-state index in [2.05, 4.69) is 325 Å². The minimum atomic E-state index is -0.553. The molecule has 0 fully saturated rings. The summed E-state index contributed by atoms with van der Waals surface area (Å²) in [5.74, 6) is 0. The van der Waals surface area contributed by atoms with Gasteiger partial charge in [-0.3, -0.25) is 0 Å². The highest BCUT2D eigenvalue weighted by molar-refractivity contribution is 6.13. The lowest BCUT2D eigenvalue weighted by atomic mass is 9.67. The minimum absolute atomic E-state index is 0.553. The molecule has 378 valence electrons. The molecule has 0 unspecified atom stereocenters. The first-order chi connectivity index (χ1) is 40.2. The third-order valence-corrected chi connectivity index (χ3v) is 17.2. The molecule has 2 nitrogen and oxygen atoms in total. The average Bonchev–Trinajstić information content (AvgIpc) is 3.94. The second-order valence-electron chi connectivity index (χ2n) is 21.5. The molecule has 0 spiro atoms. The van der Waals surface area contributed by atoms with E-state index in [-0.39, 0.29) is 0 Å². The summed E-state index contributed by atoms with van der Waals surface area (Å²) < 4.78 is 4.79. The number of nitrogens with zero attached hydrogens (tertiary/aromatic N) is 2. The van der Waals surface area contributed by atoms with Crippen molar-refractivity contribution in [2.75, 3.05) is 0 Å². The van der Waals surface area contributed by atoms with E-state index in [9.17, 15) is 0 Å².